The SMILES string of the molecule is CCC[CH2][Sn][CH2]CCC.S=c1[nH]sc(=S)[nH]1. The molecule has 0 bridgehead atoms. The molecule has 0 saturated heterocycles. The fourth-order valence-electron chi connectivity index (χ4n) is 0.965. The van der Waals surface area contributed by atoms with E-state index in [-0.39, 0.29) is 21.1 Å². The monoisotopic (exact) mass is 384 g/mol. The minimum atomic E-state index is 0.149. The van der Waals surface area contributed by atoms with Crippen LogP contribution in [0.15, 0.2) is 0 Å². The molecule has 0 saturated carbocycles. The number of unbranched alkanes of at least 4 members (excludes halogenated alkanes) is 2. The zero-order chi connectivity index (χ0) is 12.2. The Labute approximate surface area is 123 Å². The Morgan fingerprint density at radius 3 is 1.94 bits per heavy atom. The molecular formula is C10H20N2S3Sn. The summed E-state index contributed by atoms with van der Waals surface area (Å²) in [6.07, 6.45) is 5.84. The number of hydrogen-bond donors (Lipinski definition) is 2. The first-order valence-corrected chi connectivity index (χ1v) is 11.4. The van der Waals surface area contributed by atoms with Crippen LogP contribution in [0.5, 0.6) is 0 Å². The molecule has 0 aromatic carbocycles. The van der Waals surface area contributed by atoms with E-state index >= 15 is 0 Å². The average molecular weight is 383 g/mol. The summed E-state index contributed by atoms with van der Waals surface area (Å²) in [5, 5.41) is 0. The van der Waals surface area contributed by atoms with Crippen molar-refractivity contribution >= 4 is 57.1 Å². The Morgan fingerprint density at radius 2 is 1.69 bits per heavy atom. The second kappa shape index (κ2) is 12.3. The molecule has 6 heteroatoms. The Hall–Kier alpha value is 0.799. The molecule has 0 unspecified atom stereocenters. The molecule has 0 atom stereocenters. The molecular weight excluding hydrogens is 363 g/mol. The molecule has 16 heavy (non-hydrogen) atoms. The second-order valence-corrected chi connectivity index (χ2v) is 9.58. The number of aromatic amines is 2. The first-order chi connectivity index (χ1) is 7.70. The zero-order valence-corrected chi connectivity index (χ0v) is 15.3. The molecule has 0 amide bonds. The van der Waals surface area contributed by atoms with Gasteiger partial charge in [-0.15, -0.1) is 0 Å². The van der Waals surface area contributed by atoms with Crippen LogP contribution in [-0.4, -0.2) is 30.5 Å². The van der Waals surface area contributed by atoms with Gasteiger partial charge in [-0.1, -0.05) is 0 Å². The normalized spacial score (nSPS) is 9.62. The smallest absolute Gasteiger partial charge is 0.185 e. The van der Waals surface area contributed by atoms with Gasteiger partial charge in [-0.05, 0) is 36.0 Å². The van der Waals surface area contributed by atoms with Crippen LogP contribution in [0.2, 0.25) is 8.87 Å². The Morgan fingerprint density at radius 1 is 1.12 bits per heavy atom. The van der Waals surface area contributed by atoms with Crippen molar-refractivity contribution in [3.05, 3.63) is 8.73 Å². The minimum Gasteiger partial charge on any atom is -0.313 e. The number of nitrogens with one attached hydrogen (secondary N) is 2. The maximum Gasteiger partial charge on any atom is 0.185 e. The van der Waals surface area contributed by atoms with Gasteiger partial charge in [-0.3, -0.25) is 4.37 Å². The predicted molar refractivity (Wildman–Crippen MR) is 79.9 cm³/mol. The molecule has 0 aliphatic rings. The number of rotatable bonds is 6. The molecule has 1 rings (SSSR count). The number of aromatic nitrogens is 2. The van der Waals surface area contributed by atoms with E-state index in [4.69, 9.17) is 12.2 Å². The molecule has 1 aromatic heterocycles. The van der Waals surface area contributed by atoms with Gasteiger partial charge in [0, 0.05) is 0 Å². The van der Waals surface area contributed by atoms with Crippen LogP contribution in [0.3, 0.4) is 0 Å². The molecule has 0 fully saturated rings. The first kappa shape index (κ1) is 16.8. The fourth-order valence-corrected chi connectivity index (χ4v) is 6.10. The summed E-state index contributed by atoms with van der Waals surface area (Å²) in [5.74, 6) is 0. The van der Waals surface area contributed by atoms with Crippen LogP contribution in [0.4, 0.5) is 0 Å². The molecule has 92 valence electrons. The van der Waals surface area contributed by atoms with E-state index in [0.717, 1.165) is 0 Å². The average Bonchev–Trinajstić information content (AvgIpc) is 2.63. The summed E-state index contributed by atoms with van der Waals surface area (Å²) in [5.41, 5.74) is 0. The van der Waals surface area contributed by atoms with E-state index in [2.05, 4.69) is 35.4 Å². The van der Waals surface area contributed by atoms with Gasteiger partial charge in [0.1, 0.15) is 0 Å². The van der Waals surface area contributed by atoms with Crippen molar-refractivity contribution in [2.45, 2.75) is 48.4 Å². The van der Waals surface area contributed by atoms with E-state index in [1.807, 2.05) is 0 Å². The van der Waals surface area contributed by atoms with Crippen molar-refractivity contribution in [3.8, 4) is 0 Å². The molecule has 2 nitrogen and oxygen atoms in total. The summed E-state index contributed by atoms with van der Waals surface area (Å²) in [6.45, 7) is 4.58. The van der Waals surface area contributed by atoms with E-state index < -0.39 is 0 Å². The standard InChI is InChI=1S/2C4H9.C2H2N2S3.Sn/c2*1-3-4-2;5-1-3-2(6)7-4-1;/h2*1,3-4H2,2H3;(H2,3,4,5,6);. The molecule has 1 aromatic rings. The number of hydrogen-bond acceptors (Lipinski definition) is 3. The topological polar surface area (TPSA) is 31.6 Å². The summed E-state index contributed by atoms with van der Waals surface area (Å²) < 4.78 is 7.32. The van der Waals surface area contributed by atoms with Gasteiger partial charge >= 0.3 is 69.5 Å². The van der Waals surface area contributed by atoms with Crippen molar-refractivity contribution in [1.82, 2.24) is 9.36 Å². The molecule has 0 aliphatic heterocycles. The molecule has 0 aliphatic carbocycles. The Bertz CT molecular complexity index is 312. The third kappa shape index (κ3) is 11.3. The largest absolute Gasteiger partial charge is 0.313 e. The van der Waals surface area contributed by atoms with Crippen LogP contribution in [-0.2, 0) is 0 Å². The Balaban J connectivity index is 0.000000288. The van der Waals surface area contributed by atoms with Crippen molar-refractivity contribution in [2.75, 3.05) is 0 Å². The van der Waals surface area contributed by atoms with Crippen LogP contribution in [0.25, 0.3) is 0 Å². The van der Waals surface area contributed by atoms with Crippen LogP contribution in [0, 0.1) is 8.73 Å². The third-order valence-electron chi connectivity index (χ3n) is 1.87. The summed E-state index contributed by atoms with van der Waals surface area (Å²) >= 11 is 10.8. The van der Waals surface area contributed by atoms with Gasteiger partial charge in [0.25, 0.3) is 0 Å². The minimum absolute atomic E-state index is 0.149. The quantitative estimate of drug-likeness (QED) is 0.412. The van der Waals surface area contributed by atoms with Gasteiger partial charge in [0.15, 0.2) is 8.73 Å². The molecule has 0 spiro atoms. The van der Waals surface area contributed by atoms with Crippen LogP contribution < -0.4 is 0 Å². The van der Waals surface area contributed by atoms with E-state index in [1.165, 1.54) is 37.2 Å². The third-order valence-corrected chi connectivity index (χ3v) is 7.18. The van der Waals surface area contributed by atoms with Crippen LogP contribution in [0.1, 0.15) is 39.5 Å². The van der Waals surface area contributed by atoms with Crippen molar-refractivity contribution in [3.63, 3.8) is 0 Å². The van der Waals surface area contributed by atoms with E-state index in [1.54, 1.807) is 8.87 Å². The van der Waals surface area contributed by atoms with Gasteiger partial charge in [0.05, 0.1) is 0 Å². The summed E-state index contributed by atoms with van der Waals surface area (Å²) in [7, 11) is 0. The van der Waals surface area contributed by atoms with Crippen molar-refractivity contribution < 1.29 is 0 Å². The maximum atomic E-state index is 4.70. The molecule has 2 radical (unpaired) electrons. The predicted octanol–water partition coefficient (Wildman–Crippen LogP) is 4.99. The van der Waals surface area contributed by atoms with Crippen LogP contribution >= 0.6 is 36.0 Å². The molecule has 1 heterocycles. The summed E-state index contributed by atoms with van der Waals surface area (Å²) in [4.78, 5) is 2.73. The van der Waals surface area contributed by atoms with Gasteiger partial charge < -0.3 is 4.98 Å². The van der Waals surface area contributed by atoms with Gasteiger partial charge in [0.2, 0.25) is 0 Å². The second-order valence-electron chi connectivity index (χ2n) is 3.40. The number of H-pyrrole nitrogens is 2. The van der Waals surface area contributed by atoms with E-state index in [9.17, 15) is 0 Å². The first-order valence-electron chi connectivity index (χ1n) is 5.69. The maximum absolute atomic E-state index is 4.70. The van der Waals surface area contributed by atoms with E-state index in [0.29, 0.717) is 8.73 Å². The van der Waals surface area contributed by atoms with Gasteiger partial charge in [-0.2, -0.15) is 0 Å². The zero-order valence-electron chi connectivity index (χ0n) is 9.97. The molecule has 2 N–H and O–H groups in total. The van der Waals surface area contributed by atoms with Crippen molar-refractivity contribution in [1.29, 1.82) is 0 Å². The van der Waals surface area contributed by atoms with Crippen molar-refractivity contribution in [2.24, 2.45) is 0 Å². The summed E-state index contributed by atoms with van der Waals surface area (Å²) in [6, 6.07) is 0. The fraction of sp³-hybridized carbons (Fsp3) is 0.800. The van der Waals surface area contributed by atoms with Gasteiger partial charge in [-0.25, -0.2) is 0 Å². The Kier molecular flexibility index (Phi) is 12.9.